The second-order valence-corrected chi connectivity index (χ2v) is 6.12. The molecule has 0 fully saturated rings. The highest BCUT2D eigenvalue weighted by Crippen LogP contribution is 2.27. The van der Waals surface area contributed by atoms with Gasteiger partial charge < -0.3 is 10.2 Å². The minimum absolute atomic E-state index is 0.00539. The molecule has 0 saturated heterocycles. The Morgan fingerprint density at radius 1 is 1.24 bits per heavy atom. The number of nitrogens with one attached hydrogen (secondary N) is 1. The zero-order valence-electron chi connectivity index (χ0n) is 11.6. The molecular weight excluding hydrogens is 292 g/mol. The van der Waals surface area contributed by atoms with E-state index in [0.717, 1.165) is 4.31 Å². The summed E-state index contributed by atoms with van der Waals surface area (Å²) in [5.41, 5.74) is 3.15. The van der Waals surface area contributed by atoms with E-state index in [-0.39, 0.29) is 10.6 Å². The van der Waals surface area contributed by atoms with Crippen LogP contribution in [0.25, 0.3) is 0 Å². The molecule has 1 aromatic carbocycles. The second kappa shape index (κ2) is 5.98. The maximum Gasteiger partial charge on any atom is 0.267 e. The molecule has 8 heteroatoms. The molecule has 0 aliphatic rings. The Hall–Kier alpha value is -2.32. The van der Waals surface area contributed by atoms with Gasteiger partial charge in [-0.3, -0.25) is 15.1 Å². The molecule has 112 valence electrons. The van der Waals surface area contributed by atoms with E-state index in [9.17, 15) is 8.42 Å². The molecule has 0 amide bonds. The summed E-state index contributed by atoms with van der Waals surface area (Å²) >= 11 is 0. The maximum atomic E-state index is 12.6. The number of ether oxygens (including phenoxy) is 1. The van der Waals surface area contributed by atoms with Crippen LogP contribution in [-0.2, 0) is 10.0 Å². The first-order valence-corrected chi connectivity index (χ1v) is 7.48. The minimum atomic E-state index is -3.77. The summed E-state index contributed by atoms with van der Waals surface area (Å²) in [4.78, 5) is 3.85. The van der Waals surface area contributed by atoms with Crippen LogP contribution >= 0.6 is 0 Å². The van der Waals surface area contributed by atoms with Crippen molar-refractivity contribution in [1.29, 1.82) is 0 Å². The molecule has 2 aromatic rings. The number of hydrogen-bond acceptors (Lipinski definition) is 6. The summed E-state index contributed by atoms with van der Waals surface area (Å²) in [6.07, 6.45) is 2.71. The van der Waals surface area contributed by atoms with Crippen molar-refractivity contribution in [1.82, 2.24) is 4.98 Å². The quantitative estimate of drug-likeness (QED) is 0.636. The molecule has 0 bridgehead atoms. The zero-order valence-corrected chi connectivity index (χ0v) is 12.5. The number of nitrogen functional groups attached to an aromatic ring is 1. The van der Waals surface area contributed by atoms with Crippen molar-refractivity contribution in [3.05, 3.63) is 42.7 Å². The Balaban J connectivity index is 2.42. The average molecular weight is 308 g/mol. The summed E-state index contributed by atoms with van der Waals surface area (Å²) in [5, 5.41) is 0. The Bertz CT molecular complexity index is 716. The van der Waals surface area contributed by atoms with Gasteiger partial charge in [0, 0.05) is 19.4 Å². The molecule has 0 unspecified atom stereocenters. The largest absolute Gasteiger partial charge is 0.497 e. The molecule has 0 aliphatic carbocycles. The lowest BCUT2D eigenvalue weighted by Gasteiger charge is -2.20. The summed E-state index contributed by atoms with van der Waals surface area (Å²) < 4.78 is 31.5. The Morgan fingerprint density at radius 2 is 1.90 bits per heavy atom. The standard InChI is InChI=1S/C13H16N4O3S/c1-17(10-3-5-11(20-2)6-4-10)21(18,19)13-9-15-8-7-12(13)16-14/h3-9H,14H2,1-2H3,(H,15,16). The topological polar surface area (TPSA) is 97.5 Å². The van der Waals surface area contributed by atoms with Gasteiger partial charge in [-0.25, -0.2) is 8.42 Å². The van der Waals surface area contributed by atoms with E-state index < -0.39 is 10.0 Å². The molecule has 0 radical (unpaired) electrons. The van der Waals surface area contributed by atoms with Crippen LogP contribution < -0.4 is 20.3 Å². The number of nitrogens with two attached hydrogens (primary N) is 1. The molecule has 0 aliphatic heterocycles. The molecule has 3 N–H and O–H groups in total. The molecule has 21 heavy (non-hydrogen) atoms. The summed E-state index contributed by atoms with van der Waals surface area (Å²) in [6, 6.07) is 8.18. The van der Waals surface area contributed by atoms with E-state index in [2.05, 4.69) is 10.4 Å². The maximum absolute atomic E-state index is 12.6. The van der Waals surface area contributed by atoms with Crippen molar-refractivity contribution < 1.29 is 13.2 Å². The van der Waals surface area contributed by atoms with Crippen LogP contribution in [0, 0.1) is 0 Å². The highest BCUT2D eigenvalue weighted by molar-refractivity contribution is 7.93. The Kier molecular flexibility index (Phi) is 4.29. The van der Waals surface area contributed by atoms with E-state index >= 15 is 0 Å². The molecule has 0 atom stereocenters. The number of sulfonamides is 1. The van der Waals surface area contributed by atoms with Crippen LogP contribution in [0.5, 0.6) is 5.75 Å². The van der Waals surface area contributed by atoms with E-state index in [1.165, 1.54) is 25.5 Å². The van der Waals surface area contributed by atoms with Crippen LogP contribution in [-0.4, -0.2) is 27.6 Å². The van der Waals surface area contributed by atoms with Crippen LogP contribution in [0.2, 0.25) is 0 Å². The predicted octanol–water partition coefficient (Wildman–Crippen LogP) is 1.20. The normalized spacial score (nSPS) is 11.0. The number of nitrogens with zero attached hydrogens (tertiary/aromatic N) is 2. The molecule has 7 nitrogen and oxygen atoms in total. The third-order valence-corrected chi connectivity index (χ3v) is 4.83. The smallest absolute Gasteiger partial charge is 0.267 e. The number of methoxy groups -OCH3 is 1. The van der Waals surface area contributed by atoms with Gasteiger partial charge in [-0.05, 0) is 30.3 Å². The number of benzene rings is 1. The van der Waals surface area contributed by atoms with Crippen LogP contribution in [0.1, 0.15) is 0 Å². The van der Waals surface area contributed by atoms with E-state index in [1.807, 2.05) is 0 Å². The van der Waals surface area contributed by atoms with Crippen molar-refractivity contribution in [2.24, 2.45) is 5.84 Å². The molecule has 0 spiro atoms. The van der Waals surface area contributed by atoms with Crippen molar-refractivity contribution in [2.45, 2.75) is 4.90 Å². The van der Waals surface area contributed by atoms with E-state index in [0.29, 0.717) is 11.4 Å². The fourth-order valence-corrected chi connectivity index (χ4v) is 3.08. The highest BCUT2D eigenvalue weighted by Gasteiger charge is 2.24. The lowest BCUT2D eigenvalue weighted by Crippen LogP contribution is -2.28. The Labute approximate surface area is 123 Å². The van der Waals surface area contributed by atoms with Crippen molar-refractivity contribution >= 4 is 21.4 Å². The van der Waals surface area contributed by atoms with E-state index in [1.54, 1.807) is 31.4 Å². The predicted molar refractivity (Wildman–Crippen MR) is 80.6 cm³/mol. The van der Waals surface area contributed by atoms with Crippen LogP contribution in [0.3, 0.4) is 0 Å². The van der Waals surface area contributed by atoms with Gasteiger partial charge in [-0.15, -0.1) is 0 Å². The van der Waals surface area contributed by atoms with Gasteiger partial charge in [0.1, 0.15) is 10.6 Å². The lowest BCUT2D eigenvalue weighted by atomic mass is 10.3. The van der Waals surface area contributed by atoms with Gasteiger partial charge in [0.2, 0.25) is 0 Å². The Morgan fingerprint density at radius 3 is 2.48 bits per heavy atom. The van der Waals surface area contributed by atoms with Crippen molar-refractivity contribution in [3.63, 3.8) is 0 Å². The summed E-state index contributed by atoms with van der Waals surface area (Å²) in [6.45, 7) is 0. The fourth-order valence-electron chi connectivity index (χ4n) is 1.78. The number of aromatic nitrogens is 1. The molecule has 1 aromatic heterocycles. The first-order chi connectivity index (χ1) is 10.0. The molecule has 1 heterocycles. The monoisotopic (exact) mass is 308 g/mol. The second-order valence-electron chi connectivity index (χ2n) is 4.19. The molecule has 0 saturated carbocycles. The first kappa shape index (κ1) is 15.1. The van der Waals surface area contributed by atoms with Crippen molar-refractivity contribution in [3.8, 4) is 5.75 Å². The number of hydrogen-bond donors (Lipinski definition) is 2. The molecule has 2 rings (SSSR count). The van der Waals surface area contributed by atoms with Crippen LogP contribution in [0.15, 0.2) is 47.6 Å². The van der Waals surface area contributed by atoms with Gasteiger partial charge in [0.05, 0.1) is 18.5 Å². The van der Waals surface area contributed by atoms with Gasteiger partial charge in [-0.1, -0.05) is 0 Å². The zero-order chi connectivity index (χ0) is 15.5. The number of rotatable bonds is 5. The van der Waals surface area contributed by atoms with E-state index in [4.69, 9.17) is 10.6 Å². The number of hydrazine groups is 1. The summed E-state index contributed by atoms with van der Waals surface area (Å²) in [5.74, 6) is 6.00. The number of anilines is 2. The van der Waals surface area contributed by atoms with Gasteiger partial charge >= 0.3 is 0 Å². The summed E-state index contributed by atoms with van der Waals surface area (Å²) in [7, 11) is -0.758. The third-order valence-electron chi connectivity index (χ3n) is 3.01. The highest BCUT2D eigenvalue weighted by atomic mass is 32.2. The molecular formula is C13H16N4O3S. The average Bonchev–Trinajstić information content (AvgIpc) is 2.54. The first-order valence-electron chi connectivity index (χ1n) is 6.04. The van der Waals surface area contributed by atoms with Gasteiger partial charge in [0.25, 0.3) is 10.0 Å². The fraction of sp³-hybridized carbons (Fsp3) is 0.154. The van der Waals surface area contributed by atoms with Crippen LogP contribution in [0.4, 0.5) is 11.4 Å². The van der Waals surface area contributed by atoms with Gasteiger partial charge in [-0.2, -0.15) is 0 Å². The van der Waals surface area contributed by atoms with Gasteiger partial charge in [0.15, 0.2) is 0 Å². The minimum Gasteiger partial charge on any atom is -0.497 e. The SMILES string of the molecule is COc1ccc(N(C)S(=O)(=O)c2cnccc2NN)cc1. The third kappa shape index (κ3) is 2.91. The van der Waals surface area contributed by atoms with Crippen molar-refractivity contribution in [2.75, 3.05) is 23.9 Å². The lowest BCUT2D eigenvalue weighted by molar-refractivity contribution is 0.415. The number of pyridine rings is 1.